The van der Waals surface area contributed by atoms with Crippen LogP contribution in [0.25, 0.3) is 0 Å². The second-order valence-corrected chi connectivity index (χ2v) is 10.7. The lowest BCUT2D eigenvalue weighted by Crippen LogP contribution is -2.52. The Labute approximate surface area is 222 Å². The largest absolute Gasteiger partial charge is 0.475 e. The number of benzene rings is 1. The molecule has 2 aliphatic rings. The van der Waals surface area contributed by atoms with Crippen molar-refractivity contribution in [1.29, 1.82) is 5.26 Å². The zero-order valence-corrected chi connectivity index (χ0v) is 22.1. The maximum atomic E-state index is 13.4. The number of morpholine rings is 1. The van der Waals surface area contributed by atoms with E-state index in [2.05, 4.69) is 10.6 Å². The average Bonchev–Trinajstić information content (AvgIpc) is 3.28. The van der Waals surface area contributed by atoms with Gasteiger partial charge in [-0.3, -0.25) is 4.79 Å². The van der Waals surface area contributed by atoms with Gasteiger partial charge in [-0.2, -0.15) is 5.26 Å². The van der Waals surface area contributed by atoms with Crippen LogP contribution in [0.4, 0.5) is 9.18 Å². The van der Waals surface area contributed by atoms with Crippen molar-refractivity contribution in [3.8, 4) is 6.07 Å². The number of alkyl carbamates (subject to hydrolysis) is 1. The Morgan fingerprint density at radius 3 is 2.74 bits per heavy atom. The Bertz CT molecular complexity index is 1050. The van der Waals surface area contributed by atoms with Crippen LogP contribution < -0.4 is 10.6 Å². The minimum atomic E-state index is -1.87. The van der Waals surface area contributed by atoms with Gasteiger partial charge in [0.25, 0.3) is 5.91 Å². The first kappa shape index (κ1) is 29.6. The SMILES string of the molecule is CC(C)(C=C(C#N)C(=O)N1CCC[C@]1(C)COC(=O)NC(Cc1ccc(F)cc1)B(O)O)C1CNCCO1. The number of nitrogens with one attached hydrogen (secondary N) is 2. The summed E-state index contributed by atoms with van der Waals surface area (Å²) in [5.74, 6) is -1.95. The second kappa shape index (κ2) is 12.7. The van der Waals surface area contributed by atoms with E-state index < -0.39 is 41.8 Å². The Balaban J connectivity index is 1.63. The van der Waals surface area contributed by atoms with Crippen LogP contribution in [0.2, 0.25) is 0 Å². The number of carbonyl (C=O) groups excluding carboxylic acids is 2. The first-order valence-electron chi connectivity index (χ1n) is 12.8. The van der Waals surface area contributed by atoms with E-state index in [9.17, 15) is 29.3 Å². The molecule has 2 fully saturated rings. The first-order valence-corrected chi connectivity index (χ1v) is 12.8. The number of nitriles is 1. The number of rotatable bonds is 9. The van der Waals surface area contributed by atoms with Crippen LogP contribution in [-0.2, 0) is 20.7 Å². The first-order chi connectivity index (χ1) is 17.9. The van der Waals surface area contributed by atoms with Gasteiger partial charge in [0, 0.05) is 25.0 Å². The van der Waals surface area contributed by atoms with Gasteiger partial charge < -0.3 is 35.1 Å². The van der Waals surface area contributed by atoms with Crippen LogP contribution in [0.3, 0.4) is 0 Å². The van der Waals surface area contributed by atoms with E-state index >= 15 is 0 Å². The monoisotopic (exact) mass is 530 g/mol. The highest BCUT2D eigenvalue weighted by Crippen LogP contribution is 2.33. The molecule has 12 heteroatoms. The van der Waals surface area contributed by atoms with E-state index in [1.165, 1.54) is 24.3 Å². The zero-order valence-electron chi connectivity index (χ0n) is 22.1. The summed E-state index contributed by atoms with van der Waals surface area (Å²) in [6, 6.07) is 7.49. The number of ether oxygens (including phenoxy) is 2. The molecule has 2 amide bonds. The molecule has 0 aromatic heterocycles. The predicted octanol–water partition coefficient (Wildman–Crippen LogP) is 1.32. The summed E-state index contributed by atoms with van der Waals surface area (Å²) in [5, 5.41) is 34.9. The fourth-order valence-corrected chi connectivity index (χ4v) is 4.83. The van der Waals surface area contributed by atoms with Gasteiger partial charge in [-0.15, -0.1) is 0 Å². The number of halogens is 1. The molecule has 4 N–H and O–H groups in total. The molecule has 0 radical (unpaired) electrons. The lowest BCUT2D eigenvalue weighted by molar-refractivity contribution is -0.131. The second-order valence-electron chi connectivity index (χ2n) is 10.7. The Morgan fingerprint density at radius 1 is 1.42 bits per heavy atom. The lowest BCUT2D eigenvalue weighted by Gasteiger charge is -2.37. The van der Waals surface area contributed by atoms with Crippen molar-refractivity contribution in [3.63, 3.8) is 0 Å². The highest BCUT2D eigenvalue weighted by atomic mass is 19.1. The van der Waals surface area contributed by atoms with E-state index in [-0.39, 0.29) is 24.7 Å². The van der Waals surface area contributed by atoms with Crippen LogP contribution in [0, 0.1) is 22.6 Å². The number of amides is 2. The molecule has 0 bridgehead atoms. The summed E-state index contributed by atoms with van der Waals surface area (Å²) < 4.78 is 24.4. The molecule has 1 aromatic rings. The number of hydrogen-bond donors (Lipinski definition) is 4. The molecule has 3 rings (SSSR count). The molecule has 1 aromatic carbocycles. The third-order valence-electron chi connectivity index (χ3n) is 7.16. The van der Waals surface area contributed by atoms with E-state index in [4.69, 9.17) is 9.47 Å². The van der Waals surface area contributed by atoms with Gasteiger partial charge in [-0.25, -0.2) is 9.18 Å². The summed E-state index contributed by atoms with van der Waals surface area (Å²) >= 11 is 0. The van der Waals surface area contributed by atoms with Crippen LogP contribution >= 0.6 is 0 Å². The maximum Gasteiger partial charge on any atom is 0.475 e. The fraction of sp³-hybridized carbons (Fsp3) is 0.577. The van der Waals surface area contributed by atoms with Gasteiger partial charge >= 0.3 is 13.2 Å². The zero-order chi connectivity index (χ0) is 27.9. The van der Waals surface area contributed by atoms with E-state index in [1.54, 1.807) is 17.9 Å². The molecule has 2 unspecified atom stereocenters. The van der Waals surface area contributed by atoms with Crippen molar-refractivity contribution in [2.24, 2.45) is 5.41 Å². The topological polar surface area (TPSA) is 144 Å². The van der Waals surface area contributed by atoms with Gasteiger partial charge in [-0.1, -0.05) is 32.1 Å². The third-order valence-corrected chi connectivity index (χ3v) is 7.16. The molecule has 0 spiro atoms. The molecule has 0 saturated carbocycles. The highest BCUT2D eigenvalue weighted by Gasteiger charge is 2.43. The van der Waals surface area contributed by atoms with Crippen molar-refractivity contribution in [3.05, 3.63) is 47.3 Å². The van der Waals surface area contributed by atoms with Crippen molar-refractivity contribution in [2.75, 3.05) is 32.8 Å². The normalized spacial score (nSPS) is 22.9. The van der Waals surface area contributed by atoms with Gasteiger partial charge in [0.05, 0.1) is 24.2 Å². The predicted molar refractivity (Wildman–Crippen MR) is 138 cm³/mol. The van der Waals surface area contributed by atoms with Crippen LogP contribution in [0.1, 0.15) is 39.2 Å². The highest BCUT2D eigenvalue weighted by molar-refractivity contribution is 6.43. The van der Waals surface area contributed by atoms with Gasteiger partial charge in [-0.05, 0) is 43.9 Å². The van der Waals surface area contributed by atoms with E-state index in [0.29, 0.717) is 38.1 Å². The molecule has 2 aliphatic heterocycles. The van der Waals surface area contributed by atoms with E-state index in [0.717, 1.165) is 6.54 Å². The minimum absolute atomic E-state index is 0.00418. The molecular weight excluding hydrogens is 494 g/mol. The molecule has 206 valence electrons. The molecular formula is C26H36BFN4O6. The van der Waals surface area contributed by atoms with Crippen LogP contribution in [-0.4, -0.2) is 84.5 Å². The van der Waals surface area contributed by atoms with Crippen molar-refractivity contribution >= 4 is 19.1 Å². The molecule has 0 aliphatic carbocycles. The number of likely N-dealkylation sites (tertiary alicyclic amines) is 1. The third kappa shape index (κ3) is 7.54. The summed E-state index contributed by atoms with van der Waals surface area (Å²) in [6.07, 6.45) is 1.86. The summed E-state index contributed by atoms with van der Waals surface area (Å²) in [6.45, 7) is 7.82. The molecule has 38 heavy (non-hydrogen) atoms. The summed E-state index contributed by atoms with van der Waals surface area (Å²) in [7, 11) is -1.87. The average molecular weight is 530 g/mol. The Kier molecular flexibility index (Phi) is 9.90. The van der Waals surface area contributed by atoms with E-state index in [1.807, 2.05) is 19.9 Å². The van der Waals surface area contributed by atoms with Crippen LogP contribution in [0.5, 0.6) is 0 Å². The lowest BCUT2D eigenvalue weighted by atomic mass is 9.76. The Morgan fingerprint density at radius 2 is 2.13 bits per heavy atom. The maximum absolute atomic E-state index is 13.4. The molecule has 3 atom stereocenters. The molecule has 2 heterocycles. The van der Waals surface area contributed by atoms with Crippen molar-refractivity contribution in [2.45, 2.75) is 57.6 Å². The number of nitrogens with zero attached hydrogens (tertiary/aromatic N) is 2. The van der Waals surface area contributed by atoms with Gasteiger partial charge in [0.15, 0.2) is 0 Å². The quantitative estimate of drug-likeness (QED) is 0.213. The smallest absolute Gasteiger partial charge is 0.447 e. The summed E-state index contributed by atoms with van der Waals surface area (Å²) in [5.41, 5.74) is -0.811. The fourth-order valence-electron chi connectivity index (χ4n) is 4.83. The standard InChI is InChI=1S/C26H36BFN4O6/c1-25(2,21-16-30-10-12-37-21)14-19(15-29)23(33)32-11-4-9-26(32,3)17-38-24(34)31-22(27(35)36)13-18-5-7-20(28)8-6-18/h5-8,14,21-22,30,35-36H,4,9-13,16-17H2,1-3H3,(H,31,34)/t21?,22?,26-/m1/s1. The van der Waals surface area contributed by atoms with Crippen molar-refractivity contribution in [1.82, 2.24) is 15.5 Å². The summed E-state index contributed by atoms with van der Waals surface area (Å²) in [4.78, 5) is 27.5. The van der Waals surface area contributed by atoms with Crippen LogP contribution in [0.15, 0.2) is 35.9 Å². The number of hydrogen-bond acceptors (Lipinski definition) is 8. The van der Waals surface area contributed by atoms with Gasteiger partial charge in [0.2, 0.25) is 0 Å². The minimum Gasteiger partial charge on any atom is -0.447 e. The molecule has 2 saturated heterocycles. The van der Waals surface area contributed by atoms with Gasteiger partial charge in [0.1, 0.15) is 24.1 Å². The number of carbonyl (C=O) groups is 2. The van der Waals surface area contributed by atoms with Crippen molar-refractivity contribution < 1.29 is 33.5 Å². The molecule has 10 nitrogen and oxygen atoms in total. The Hall–Kier alpha value is -2.98.